The Morgan fingerprint density at radius 2 is 2.04 bits per heavy atom. The Labute approximate surface area is 163 Å². The Balaban J connectivity index is 1.84. The number of amides is 1. The van der Waals surface area contributed by atoms with Crippen LogP contribution in [0.2, 0.25) is 0 Å². The lowest BCUT2D eigenvalue weighted by Crippen LogP contribution is -2.26. The molecule has 0 aliphatic carbocycles. The minimum atomic E-state index is -3.07. The zero-order valence-corrected chi connectivity index (χ0v) is 16.9. The molecule has 9 heteroatoms. The van der Waals surface area contributed by atoms with Crippen molar-refractivity contribution in [1.29, 1.82) is 0 Å². The van der Waals surface area contributed by atoms with Gasteiger partial charge in [0.15, 0.2) is 9.84 Å². The van der Waals surface area contributed by atoms with E-state index in [-0.39, 0.29) is 35.8 Å². The standard InChI is InChI=1S/C19H23N3O5S/c1-11-18-15(14-8-13(26-2)4-5-16(14)27-3)9-17(23)20-19(18)22(21-11)12-6-7-28(24,25)10-12/h4-5,8,12,15H,6-7,9-10H2,1-3H3,(H,20,23)/t12-,15+/m0/s1. The number of aryl methyl sites for hydroxylation is 1. The molecule has 0 bridgehead atoms. The van der Waals surface area contributed by atoms with E-state index >= 15 is 0 Å². The van der Waals surface area contributed by atoms with Crippen molar-refractivity contribution in [3.05, 3.63) is 35.0 Å². The Morgan fingerprint density at radius 1 is 1.25 bits per heavy atom. The van der Waals surface area contributed by atoms with Crippen molar-refractivity contribution >= 4 is 21.6 Å². The van der Waals surface area contributed by atoms with Gasteiger partial charge in [0.1, 0.15) is 17.3 Å². The molecule has 28 heavy (non-hydrogen) atoms. The molecular formula is C19H23N3O5S. The first-order valence-corrected chi connectivity index (χ1v) is 11.0. The molecule has 2 aliphatic heterocycles. The highest BCUT2D eigenvalue weighted by Crippen LogP contribution is 2.44. The Kier molecular flexibility index (Phi) is 4.57. The third-order valence-electron chi connectivity index (χ3n) is 5.49. The lowest BCUT2D eigenvalue weighted by atomic mass is 9.85. The molecule has 0 radical (unpaired) electrons. The number of sulfone groups is 1. The number of ether oxygens (including phenoxy) is 2. The maximum absolute atomic E-state index is 12.5. The highest BCUT2D eigenvalue weighted by atomic mass is 32.2. The predicted octanol–water partition coefficient (Wildman–Crippen LogP) is 2.04. The summed E-state index contributed by atoms with van der Waals surface area (Å²) in [7, 11) is 0.114. The number of carbonyl (C=O) groups is 1. The highest BCUT2D eigenvalue weighted by Gasteiger charge is 2.38. The molecule has 150 valence electrons. The molecule has 0 spiro atoms. The van der Waals surface area contributed by atoms with Gasteiger partial charge in [-0.05, 0) is 31.5 Å². The molecule has 4 rings (SSSR count). The van der Waals surface area contributed by atoms with E-state index in [2.05, 4.69) is 10.4 Å². The number of carbonyl (C=O) groups excluding carboxylic acids is 1. The average Bonchev–Trinajstić information content (AvgIpc) is 3.19. The number of nitrogens with one attached hydrogen (secondary N) is 1. The van der Waals surface area contributed by atoms with Crippen molar-refractivity contribution in [3.8, 4) is 11.5 Å². The predicted molar refractivity (Wildman–Crippen MR) is 104 cm³/mol. The van der Waals surface area contributed by atoms with Gasteiger partial charge in [0.05, 0.1) is 37.5 Å². The van der Waals surface area contributed by atoms with E-state index in [9.17, 15) is 13.2 Å². The summed E-state index contributed by atoms with van der Waals surface area (Å²) in [6, 6.07) is 5.25. The molecular weight excluding hydrogens is 382 g/mol. The maximum Gasteiger partial charge on any atom is 0.226 e. The summed E-state index contributed by atoms with van der Waals surface area (Å²) in [5, 5.41) is 7.53. The third-order valence-corrected chi connectivity index (χ3v) is 7.24. The van der Waals surface area contributed by atoms with Crippen LogP contribution in [0.5, 0.6) is 11.5 Å². The number of fused-ring (bicyclic) bond motifs is 1. The van der Waals surface area contributed by atoms with Gasteiger partial charge in [-0.25, -0.2) is 13.1 Å². The Bertz CT molecular complexity index is 1040. The zero-order valence-electron chi connectivity index (χ0n) is 16.1. The first-order valence-electron chi connectivity index (χ1n) is 9.14. The Morgan fingerprint density at radius 3 is 2.68 bits per heavy atom. The molecule has 0 unspecified atom stereocenters. The first-order chi connectivity index (χ1) is 13.3. The summed E-state index contributed by atoms with van der Waals surface area (Å²) >= 11 is 0. The number of hydrogen-bond acceptors (Lipinski definition) is 6. The van der Waals surface area contributed by atoms with Gasteiger partial charge in [0.25, 0.3) is 0 Å². The number of anilines is 1. The molecule has 1 fully saturated rings. The van der Waals surface area contributed by atoms with Crippen molar-refractivity contribution in [1.82, 2.24) is 9.78 Å². The van der Waals surface area contributed by atoms with Crippen LogP contribution in [0.1, 0.15) is 41.6 Å². The molecule has 1 saturated heterocycles. The molecule has 1 amide bonds. The summed E-state index contributed by atoms with van der Waals surface area (Å²) in [6.45, 7) is 1.88. The molecule has 1 aromatic carbocycles. The lowest BCUT2D eigenvalue weighted by Gasteiger charge is -2.26. The van der Waals surface area contributed by atoms with E-state index in [4.69, 9.17) is 9.47 Å². The van der Waals surface area contributed by atoms with E-state index in [1.165, 1.54) is 0 Å². The van der Waals surface area contributed by atoms with Gasteiger partial charge in [-0.2, -0.15) is 5.10 Å². The largest absolute Gasteiger partial charge is 0.497 e. The van der Waals surface area contributed by atoms with Crippen molar-refractivity contribution in [2.24, 2.45) is 0 Å². The van der Waals surface area contributed by atoms with Crippen LogP contribution in [0.15, 0.2) is 18.2 Å². The van der Waals surface area contributed by atoms with Gasteiger partial charge in [-0.15, -0.1) is 0 Å². The van der Waals surface area contributed by atoms with Crippen molar-refractivity contribution in [2.75, 3.05) is 31.0 Å². The van der Waals surface area contributed by atoms with Crippen LogP contribution in [-0.4, -0.2) is 49.8 Å². The van der Waals surface area contributed by atoms with E-state index in [1.54, 1.807) is 18.9 Å². The fourth-order valence-corrected chi connectivity index (χ4v) is 5.87. The van der Waals surface area contributed by atoms with Gasteiger partial charge in [0.2, 0.25) is 5.91 Å². The number of hydrogen-bond donors (Lipinski definition) is 1. The molecule has 1 aromatic heterocycles. The Hall–Kier alpha value is -2.55. The van der Waals surface area contributed by atoms with Gasteiger partial charge in [0, 0.05) is 23.5 Å². The molecule has 3 heterocycles. The van der Waals surface area contributed by atoms with Crippen LogP contribution in [-0.2, 0) is 14.6 Å². The molecule has 2 aliphatic rings. The molecule has 0 saturated carbocycles. The topological polar surface area (TPSA) is 99.5 Å². The average molecular weight is 405 g/mol. The van der Waals surface area contributed by atoms with Crippen molar-refractivity contribution in [2.45, 2.75) is 31.7 Å². The normalized spacial score (nSPS) is 23.2. The molecule has 1 N–H and O–H groups in total. The monoisotopic (exact) mass is 405 g/mol. The zero-order chi connectivity index (χ0) is 20.1. The van der Waals surface area contributed by atoms with Crippen LogP contribution in [0, 0.1) is 6.92 Å². The van der Waals surface area contributed by atoms with Crippen LogP contribution >= 0.6 is 0 Å². The van der Waals surface area contributed by atoms with Crippen LogP contribution in [0.3, 0.4) is 0 Å². The minimum Gasteiger partial charge on any atom is -0.497 e. The SMILES string of the molecule is COc1ccc(OC)c([C@H]2CC(=O)Nc3c2c(C)nn3[C@H]2CCS(=O)(=O)C2)c1. The van der Waals surface area contributed by atoms with Crippen molar-refractivity contribution in [3.63, 3.8) is 0 Å². The number of nitrogens with zero attached hydrogens (tertiary/aromatic N) is 2. The van der Waals surface area contributed by atoms with Crippen LogP contribution in [0.4, 0.5) is 5.82 Å². The maximum atomic E-state index is 12.5. The fourth-order valence-electron chi connectivity index (χ4n) is 4.18. The summed E-state index contributed by atoms with van der Waals surface area (Å²) < 4.78 is 36.4. The number of aromatic nitrogens is 2. The number of methoxy groups -OCH3 is 2. The molecule has 2 aromatic rings. The van der Waals surface area contributed by atoms with E-state index < -0.39 is 9.84 Å². The highest BCUT2D eigenvalue weighted by molar-refractivity contribution is 7.91. The van der Waals surface area contributed by atoms with Crippen molar-refractivity contribution < 1.29 is 22.7 Å². The first kappa shape index (κ1) is 18.8. The van der Waals surface area contributed by atoms with Crippen LogP contribution in [0.25, 0.3) is 0 Å². The third kappa shape index (κ3) is 3.13. The van der Waals surface area contributed by atoms with E-state index in [0.717, 1.165) is 16.8 Å². The second-order valence-corrected chi connectivity index (χ2v) is 9.49. The van der Waals surface area contributed by atoms with E-state index in [0.29, 0.717) is 23.7 Å². The van der Waals surface area contributed by atoms with Crippen LogP contribution < -0.4 is 14.8 Å². The summed E-state index contributed by atoms with van der Waals surface area (Å²) in [4.78, 5) is 12.5. The lowest BCUT2D eigenvalue weighted by molar-refractivity contribution is -0.116. The number of rotatable bonds is 4. The second kappa shape index (κ2) is 6.80. The second-order valence-electron chi connectivity index (χ2n) is 7.26. The quantitative estimate of drug-likeness (QED) is 0.836. The van der Waals surface area contributed by atoms with Gasteiger partial charge in [-0.1, -0.05) is 0 Å². The van der Waals surface area contributed by atoms with E-state index in [1.807, 2.05) is 25.1 Å². The molecule has 8 nitrogen and oxygen atoms in total. The van der Waals surface area contributed by atoms with Gasteiger partial charge < -0.3 is 14.8 Å². The van der Waals surface area contributed by atoms with Gasteiger partial charge >= 0.3 is 0 Å². The molecule has 2 atom stereocenters. The number of benzene rings is 1. The fraction of sp³-hybridized carbons (Fsp3) is 0.474. The summed E-state index contributed by atoms with van der Waals surface area (Å²) in [5.74, 6) is 1.74. The van der Waals surface area contributed by atoms with Gasteiger partial charge in [-0.3, -0.25) is 4.79 Å². The minimum absolute atomic E-state index is 0.0452. The summed E-state index contributed by atoms with van der Waals surface area (Å²) in [6.07, 6.45) is 0.755. The smallest absolute Gasteiger partial charge is 0.226 e. The summed E-state index contributed by atoms with van der Waals surface area (Å²) in [5.41, 5.74) is 2.52.